The van der Waals surface area contributed by atoms with Crippen molar-refractivity contribution in [2.75, 3.05) is 0 Å². The zero-order valence-electron chi connectivity index (χ0n) is 7.20. The van der Waals surface area contributed by atoms with Crippen molar-refractivity contribution in [2.45, 2.75) is 0 Å². The molecule has 0 aliphatic heterocycles. The molecule has 2 heterocycles. The summed E-state index contributed by atoms with van der Waals surface area (Å²) in [5.74, 6) is 0. The molecule has 0 amide bonds. The van der Waals surface area contributed by atoms with Gasteiger partial charge >= 0.3 is 0 Å². The Morgan fingerprint density at radius 2 is 2.15 bits per heavy atom. The van der Waals surface area contributed by atoms with Crippen LogP contribution in [-0.2, 0) is 7.05 Å². The van der Waals surface area contributed by atoms with E-state index in [0.29, 0.717) is 0 Å². The monoisotopic (exact) mass is 175 g/mol. The van der Waals surface area contributed by atoms with E-state index in [2.05, 4.69) is 15.3 Å². The molecule has 0 atom stereocenters. The van der Waals surface area contributed by atoms with Gasteiger partial charge < -0.3 is 4.57 Å². The van der Waals surface area contributed by atoms with Crippen LogP contribution >= 0.6 is 0 Å². The van der Waals surface area contributed by atoms with Gasteiger partial charge in [-0.3, -0.25) is 0 Å². The highest BCUT2D eigenvalue weighted by atomic mass is 15.4. The maximum Gasteiger partial charge on any atom is 0.141 e. The van der Waals surface area contributed by atoms with Crippen molar-refractivity contribution in [1.82, 2.24) is 19.4 Å². The fraction of sp³-hybridized carbons (Fsp3) is 0.125. The van der Waals surface area contributed by atoms with E-state index in [1.165, 1.54) is 0 Å². The first-order chi connectivity index (χ1) is 6.34. The molecule has 5 nitrogen and oxygen atoms in total. The second kappa shape index (κ2) is 3.22. The standard InChI is InChI=1S/C8H9N5/c1-12-3-2-8(5-12)4-11-13-6-9-10-7-13/h2-7H,1H3/b11-4-. The van der Waals surface area contributed by atoms with Crippen LogP contribution in [0.1, 0.15) is 5.56 Å². The van der Waals surface area contributed by atoms with Crippen LogP contribution in [0.4, 0.5) is 0 Å². The maximum absolute atomic E-state index is 4.10. The number of hydrogen-bond donors (Lipinski definition) is 0. The summed E-state index contributed by atoms with van der Waals surface area (Å²) in [6.45, 7) is 0. The van der Waals surface area contributed by atoms with Gasteiger partial charge in [0.1, 0.15) is 12.7 Å². The van der Waals surface area contributed by atoms with Crippen molar-refractivity contribution in [3.8, 4) is 0 Å². The average molecular weight is 175 g/mol. The van der Waals surface area contributed by atoms with E-state index < -0.39 is 0 Å². The molecular formula is C8H9N5. The predicted octanol–water partition coefficient (Wildman–Crippen LogP) is 0.499. The lowest BCUT2D eigenvalue weighted by Gasteiger charge is -1.87. The molecule has 13 heavy (non-hydrogen) atoms. The summed E-state index contributed by atoms with van der Waals surface area (Å²) < 4.78 is 3.51. The van der Waals surface area contributed by atoms with E-state index in [1.807, 2.05) is 30.1 Å². The third-order valence-electron chi connectivity index (χ3n) is 1.60. The highest BCUT2D eigenvalue weighted by Gasteiger charge is 1.89. The Balaban J connectivity index is 2.14. The minimum atomic E-state index is 1.05. The Hall–Kier alpha value is -1.91. The van der Waals surface area contributed by atoms with E-state index in [1.54, 1.807) is 23.5 Å². The molecule has 0 unspecified atom stereocenters. The number of hydrogen-bond acceptors (Lipinski definition) is 3. The molecule has 2 rings (SSSR count). The summed E-state index contributed by atoms with van der Waals surface area (Å²) in [6.07, 6.45) is 8.78. The van der Waals surface area contributed by atoms with Gasteiger partial charge in [-0.15, -0.1) is 10.2 Å². The van der Waals surface area contributed by atoms with Crippen molar-refractivity contribution in [3.63, 3.8) is 0 Å². The Bertz CT molecular complexity index is 398. The van der Waals surface area contributed by atoms with Crippen LogP contribution in [0, 0.1) is 0 Å². The van der Waals surface area contributed by atoms with Crippen LogP contribution in [-0.4, -0.2) is 25.7 Å². The molecule has 0 spiro atoms. The zero-order chi connectivity index (χ0) is 9.10. The normalized spacial score (nSPS) is 11.2. The summed E-state index contributed by atoms with van der Waals surface area (Å²) in [6, 6.07) is 1.98. The maximum atomic E-state index is 4.10. The number of nitrogens with zero attached hydrogens (tertiary/aromatic N) is 5. The first kappa shape index (κ1) is 7.72. The van der Waals surface area contributed by atoms with E-state index in [0.717, 1.165) is 5.56 Å². The average Bonchev–Trinajstić information content (AvgIpc) is 2.71. The summed E-state index contributed by atoms with van der Waals surface area (Å²) in [7, 11) is 1.97. The first-order valence-electron chi connectivity index (χ1n) is 3.85. The topological polar surface area (TPSA) is 48.0 Å². The Labute approximate surface area is 75.3 Å². The molecule has 0 radical (unpaired) electrons. The van der Waals surface area contributed by atoms with Gasteiger partial charge in [0, 0.05) is 25.0 Å². The third-order valence-corrected chi connectivity index (χ3v) is 1.60. The highest BCUT2D eigenvalue weighted by Crippen LogP contribution is 1.95. The number of aromatic nitrogens is 4. The molecule has 0 saturated carbocycles. The fourth-order valence-electron chi connectivity index (χ4n) is 0.989. The molecule has 2 aromatic heterocycles. The molecule has 5 heteroatoms. The largest absolute Gasteiger partial charge is 0.357 e. The summed E-state index contributed by atoms with van der Waals surface area (Å²) in [4.78, 5) is 0. The minimum absolute atomic E-state index is 1.05. The third kappa shape index (κ3) is 1.81. The van der Waals surface area contributed by atoms with Crippen molar-refractivity contribution >= 4 is 6.21 Å². The van der Waals surface area contributed by atoms with Crippen LogP contribution < -0.4 is 0 Å². The molecule has 0 aliphatic rings. The van der Waals surface area contributed by atoms with Gasteiger partial charge in [-0.2, -0.15) is 5.10 Å². The Kier molecular flexibility index (Phi) is 1.91. The SMILES string of the molecule is Cn1ccc(/C=N\n2cnnc2)c1. The van der Waals surface area contributed by atoms with Crippen LogP contribution in [0.25, 0.3) is 0 Å². The lowest BCUT2D eigenvalue weighted by atomic mass is 10.4. The number of rotatable bonds is 2. The summed E-state index contributed by atoms with van der Waals surface area (Å²) in [5.41, 5.74) is 1.05. The second-order valence-corrected chi connectivity index (χ2v) is 2.70. The number of aryl methyl sites for hydroxylation is 1. The van der Waals surface area contributed by atoms with Crippen LogP contribution in [0.2, 0.25) is 0 Å². The Morgan fingerprint density at radius 1 is 1.38 bits per heavy atom. The molecule has 0 N–H and O–H groups in total. The van der Waals surface area contributed by atoms with Gasteiger partial charge in [-0.25, -0.2) is 4.68 Å². The van der Waals surface area contributed by atoms with Gasteiger partial charge in [0.15, 0.2) is 0 Å². The van der Waals surface area contributed by atoms with Crippen molar-refractivity contribution in [3.05, 3.63) is 36.7 Å². The van der Waals surface area contributed by atoms with Crippen LogP contribution in [0.15, 0.2) is 36.2 Å². The fourth-order valence-corrected chi connectivity index (χ4v) is 0.989. The van der Waals surface area contributed by atoms with E-state index in [4.69, 9.17) is 0 Å². The molecule has 66 valence electrons. The molecule has 0 aromatic carbocycles. The van der Waals surface area contributed by atoms with Gasteiger partial charge in [0.2, 0.25) is 0 Å². The van der Waals surface area contributed by atoms with Gasteiger partial charge in [-0.1, -0.05) is 0 Å². The van der Waals surface area contributed by atoms with E-state index >= 15 is 0 Å². The van der Waals surface area contributed by atoms with Gasteiger partial charge in [0.25, 0.3) is 0 Å². The Morgan fingerprint density at radius 3 is 2.77 bits per heavy atom. The smallest absolute Gasteiger partial charge is 0.141 e. The predicted molar refractivity (Wildman–Crippen MR) is 48.4 cm³/mol. The lowest BCUT2D eigenvalue weighted by molar-refractivity contribution is 0.877. The van der Waals surface area contributed by atoms with Gasteiger partial charge in [-0.05, 0) is 6.07 Å². The van der Waals surface area contributed by atoms with Crippen molar-refractivity contribution < 1.29 is 0 Å². The van der Waals surface area contributed by atoms with E-state index in [-0.39, 0.29) is 0 Å². The van der Waals surface area contributed by atoms with E-state index in [9.17, 15) is 0 Å². The molecule has 0 aliphatic carbocycles. The second-order valence-electron chi connectivity index (χ2n) is 2.70. The molecule has 0 bridgehead atoms. The zero-order valence-corrected chi connectivity index (χ0v) is 7.20. The van der Waals surface area contributed by atoms with Crippen LogP contribution in [0.3, 0.4) is 0 Å². The molecule has 0 fully saturated rings. The molecular weight excluding hydrogens is 166 g/mol. The van der Waals surface area contributed by atoms with Crippen LogP contribution in [0.5, 0.6) is 0 Å². The lowest BCUT2D eigenvalue weighted by Crippen LogP contribution is -1.85. The summed E-state index contributed by atoms with van der Waals surface area (Å²) in [5, 5.41) is 11.4. The first-order valence-corrected chi connectivity index (χ1v) is 3.85. The highest BCUT2D eigenvalue weighted by molar-refractivity contribution is 5.79. The van der Waals surface area contributed by atoms with Crippen molar-refractivity contribution in [2.24, 2.45) is 12.1 Å². The van der Waals surface area contributed by atoms with Crippen molar-refractivity contribution in [1.29, 1.82) is 0 Å². The quantitative estimate of drug-likeness (QED) is 0.624. The molecule has 2 aromatic rings. The van der Waals surface area contributed by atoms with Gasteiger partial charge in [0.05, 0.1) is 6.21 Å². The summed E-state index contributed by atoms with van der Waals surface area (Å²) >= 11 is 0. The minimum Gasteiger partial charge on any atom is -0.357 e. The molecule has 0 saturated heterocycles.